The van der Waals surface area contributed by atoms with Gasteiger partial charge in [-0.1, -0.05) is 36.4 Å². The highest BCUT2D eigenvalue weighted by Gasteiger charge is 2.26. The van der Waals surface area contributed by atoms with Crippen LogP contribution >= 0.6 is 0 Å². The first-order valence-corrected chi connectivity index (χ1v) is 8.03. The molecule has 0 unspecified atom stereocenters. The number of para-hydroxylation sites is 2. The van der Waals surface area contributed by atoms with Gasteiger partial charge in [-0.15, -0.1) is 5.10 Å². The molecule has 3 heterocycles. The van der Waals surface area contributed by atoms with Crippen LogP contribution in [0.1, 0.15) is 11.1 Å². The lowest BCUT2D eigenvalue weighted by Crippen LogP contribution is -2.16. The van der Waals surface area contributed by atoms with Gasteiger partial charge in [0.2, 0.25) is 5.95 Å². The van der Waals surface area contributed by atoms with Crippen molar-refractivity contribution < 1.29 is 0 Å². The third-order valence-corrected chi connectivity index (χ3v) is 4.73. The van der Waals surface area contributed by atoms with Crippen molar-refractivity contribution in [2.45, 2.75) is 12.8 Å². The summed E-state index contributed by atoms with van der Waals surface area (Å²) in [4.78, 5) is 9.17. The van der Waals surface area contributed by atoms with Crippen LogP contribution in [0.5, 0.6) is 0 Å². The van der Waals surface area contributed by atoms with Crippen LogP contribution in [0.4, 0.5) is 23.3 Å². The number of hydrogen-bond donors (Lipinski definition) is 1. The molecule has 3 aromatic rings. The normalized spacial score (nSPS) is 15.8. The predicted octanol–water partition coefficient (Wildman–Crippen LogP) is 3.19. The molecule has 1 aromatic heterocycles. The highest BCUT2D eigenvalue weighted by molar-refractivity contribution is 5.69. The molecule has 0 saturated heterocycles. The van der Waals surface area contributed by atoms with Crippen molar-refractivity contribution in [3.8, 4) is 0 Å². The van der Waals surface area contributed by atoms with E-state index in [1.54, 1.807) is 0 Å². The van der Waals surface area contributed by atoms with E-state index < -0.39 is 0 Å². The van der Waals surface area contributed by atoms with E-state index in [2.05, 4.69) is 68.5 Å². The Morgan fingerprint density at radius 3 is 2.13 bits per heavy atom. The number of nitrogens with one attached hydrogen (secondary N) is 1. The molecule has 23 heavy (non-hydrogen) atoms. The van der Waals surface area contributed by atoms with E-state index in [0.717, 1.165) is 37.8 Å². The second-order valence-electron chi connectivity index (χ2n) is 6.02. The Kier molecular flexibility index (Phi) is 2.67. The van der Waals surface area contributed by atoms with Crippen LogP contribution in [0.15, 0.2) is 48.5 Å². The lowest BCUT2D eigenvalue weighted by molar-refractivity contribution is 0.938. The summed E-state index contributed by atoms with van der Waals surface area (Å²) in [6.07, 6.45) is 2.10. The van der Waals surface area contributed by atoms with Gasteiger partial charge in [-0.25, -0.2) is 5.10 Å². The molecule has 2 aliphatic heterocycles. The smallest absolute Gasteiger partial charge is 0.250 e. The molecule has 2 aliphatic rings. The van der Waals surface area contributed by atoms with Gasteiger partial charge in [-0.3, -0.25) is 0 Å². The molecule has 0 bridgehead atoms. The summed E-state index contributed by atoms with van der Waals surface area (Å²) in [6.45, 7) is 1.89. The molecule has 5 nitrogen and oxygen atoms in total. The van der Waals surface area contributed by atoms with Crippen LogP contribution in [0, 0.1) is 0 Å². The van der Waals surface area contributed by atoms with E-state index in [4.69, 9.17) is 4.98 Å². The zero-order chi connectivity index (χ0) is 15.2. The van der Waals surface area contributed by atoms with Crippen molar-refractivity contribution >= 4 is 23.3 Å². The van der Waals surface area contributed by atoms with Gasteiger partial charge in [0.25, 0.3) is 5.95 Å². The van der Waals surface area contributed by atoms with E-state index in [1.807, 2.05) is 0 Å². The van der Waals surface area contributed by atoms with Gasteiger partial charge >= 0.3 is 0 Å². The monoisotopic (exact) mass is 303 g/mol. The maximum absolute atomic E-state index is 4.76. The second-order valence-corrected chi connectivity index (χ2v) is 6.02. The summed E-state index contributed by atoms with van der Waals surface area (Å²) >= 11 is 0. The SMILES string of the molecule is c1ccc2c(c1)CCN2c1n[nH]c(N2CCc3ccccc32)n1. The molecule has 0 radical (unpaired) electrons. The number of benzene rings is 2. The Morgan fingerprint density at radius 1 is 0.783 bits per heavy atom. The van der Waals surface area contributed by atoms with Crippen LogP contribution in [-0.2, 0) is 12.8 Å². The highest BCUT2D eigenvalue weighted by Crippen LogP contribution is 2.35. The number of aromatic amines is 1. The van der Waals surface area contributed by atoms with E-state index in [-0.39, 0.29) is 0 Å². The molecular formula is C18H17N5. The summed E-state index contributed by atoms with van der Waals surface area (Å²) in [5.74, 6) is 1.59. The van der Waals surface area contributed by atoms with Crippen LogP contribution in [0.3, 0.4) is 0 Å². The Morgan fingerprint density at radius 2 is 1.39 bits per heavy atom. The van der Waals surface area contributed by atoms with Gasteiger partial charge in [-0.05, 0) is 36.1 Å². The molecule has 0 amide bonds. The number of H-pyrrole nitrogens is 1. The Balaban J connectivity index is 1.49. The molecule has 114 valence electrons. The molecule has 5 heteroatoms. The third kappa shape index (κ3) is 1.93. The first kappa shape index (κ1) is 12.7. The molecule has 0 spiro atoms. The lowest BCUT2D eigenvalue weighted by atomic mass is 10.2. The van der Waals surface area contributed by atoms with Crippen molar-refractivity contribution in [1.29, 1.82) is 0 Å². The summed E-state index contributed by atoms with van der Waals surface area (Å²) in [5, 5.41) is 7.58. The first-order valence-electron chi connectivity index (χ1n) is 8.03. The quantitative estimate of drug-likeness (QED) is 0.790. The van der Waals surface area contributed by atoms with E-state index in [9.17, 15) is 0 Å². The molecule has 1 N–H and O–H groups in total. The largest absolute Gasteiger partial charge is 0.310 e. The van der Waals surface area contributed by atoms with Crippen LogP contribution in [-0.4, -0.2) is 28.3 Å². The average molecular weight is 303 g/mol. The van der Waals surface area contributed by atoms with Crippen molar-refractivity contribution in [3.63, 3.8) is 0 Å². The molecule has 0 saturated carbocycles. The molecule has 0 fully saturated rings. The summed E-state index contributed by atoms with van der Waals surface area (Å²) in [7, 11) is 0. The van der Waals surface area contributed by atoms with Crippen molar-refractivity contribution in [2.24, 2.45) is 0 Å². The molecule has 5 rings (SSSR count). The Hall–Kier alpha value is -2.82. The Bertz CT molecular complexity index is 799. The number of aromatic nitrogens is 3. The van der Waals surface area contributed by atoms with Gasteiger partial charge in [-0.2, -0.15) is 4.98 Å². The number of fused-ring (bicyclic) bond motifs is 2. The fourth-order valence-corrected chi connectivity index (χ4v) is 3.59. The van der Waals surface area contributed by atoms with Gasteiger partial charge in [0.05, 0.1) is 0 Å². The van der Waals surface area contributed by atoms with Crippen molar-refractivity contribution in [2.75, 3.05) is 22.9 Å². The van der Waals surface area contributed by atoms with Crippen molar-refractivity contribution in [1.82, 2.24) is 15.2 Å². The summed E-state index contributed by atoms with van der Waals surface area (Å²) in [5.41, 5.74) is 5.19. The number of anilines is 4. The number of hydrogen-bond acceptors (Lipinski definition) is 4. The minimum Gasteiger partial charge on any atom is -0.310 e. The zero-order valence-electron chi connectivity index (χ0n) is 12.7. The fraction of sp³-hybridized carbons (Fsp3) is 0.222. The van der Waals surface area contributed by atoms with Gasteiger partial charge < -0.3 is 9.80 Å². The molecule has 2 aromatic carbocycles. The minimum absolute atomic E-state index is 0.759. The average Bonchev–Trinajstić information content (AvgIpc) is 3.31. The van der Waals surface area contributed by atoms with E-state index in [1.165, 1.54) is 22.5 Å². The Labute approximate surface area is 134 Å². The maximum atomic E-state index is 4.76. The number of rotatable bonds is 2. The van der Waals surface area contributed by atoms with Crippen LogP contribution < -0.4 is 9.80 Å². The maximum Gasteiger partial charge on any atom is 0.250 e. The standard InChI is InChI=1S/C18H17N5/c1-3-7-15-13(5-1)9-11-22(15)17-19-18(21-20-17)23-12-10-14-6-2-4-8-16(14)23/h1-8H,9-12H2,(H,19,20,21). The summed E-state index contributed by atoms with van der Waals surface area (Å²) < 4.78 is 0. The van der Waals surface area contributed by atoms with Crippen LogP contribution in [0.2, 0.25) is 0 Å². The van der Waals surface area contributed by atoms with E-state index in [0.29, 0.717) is 0 Å². The first-order chi connectivity index (χ1) is 11.4. The van der Waals surface area contributed by atoms with Crippen LogP contribution in [0.25, 0.3) is 0 Å². The van der Waals surface area contributed by atoms with Gasteiger partial charge in [0.1, 0.15) is 0 Å². The lowest BCUT2D eigenvalue weighted by Gasteiger charge is -2.16. The zero-order valence-corrected chi connectivity index (χ0v) is 12.7. The van der Waals surface area contributed by atoms with Gasteiger partial charge in [0.15, 0.2) is 0 Å². The summed E-state index contributed by atoms with van der Waals surface area (Å²) in [6, 6.07) is 17.0. The topological polar surface area (TPSA) is 48.1 Å². The number of nitrogens with zero attached hydrogens (tertiary/aromatic N) is 4. The fourth-order valence-electron chi connectivity index (χ4n) is 3.59. The second kappa shape index (κ2) is 4.84. The van der Waals surface area contributed by atoms with E-state index >= 15 is 0 Å². The molecular weight excluding hydrogens is 286 g/mol. The minimum atomic E-state index is 0.759. The molecule has 0 atom stereocenters. The van der Waals surface area contributed by atoms with Gasteiger partial charge in [0, 0.05) is 24.5 Å². The molecule has 0 aliphatic carbocycles. The third-order valence-electron chi connectivity index (χ3n) is 4.73. The van der Waals surface area contributed by atoms with Crippen molar-refractivity contribution in [3.05, 3.63) is 59.7 Å². The predicted molar refractivity (Wildman–Crippen MR) is 90.7 cm³/mol. The highest BCUT2D eigenvalue weighted by atomic mass is 15.4.